The molecular formula is C20H26N4O2S. The molecule has 0 unspecified atom stereocenters. The van der Waals surface area contributed by atoms with E-state index >= 15 is 0 Å². The van der Waals surface area contributed by atoms with Crippen LogP contribution in [-0.4, -0.2) is 28.6 Å². The summed E-state index contributed by atoms with van der Waals surface area (Å²) in [4.78, 5) is 26.8. The summed E-state index contributed by atoms with van der Waals surface area (Å²) in [5, 5.41) is 12.5. The molecule has 1 aromatic heterocycles. The van der Waals surface area contributed by atoms with Gasteiger partial charge in [-0.15, -0.1) is 10.2 Å². The van der Waals surface area contributed by atoms with Crippen molar-refractivity contribution in [3.63, 3.8) is 0 Å². The molecule has 0 spiro atoms. The number of aromatic nitrogens is 2. The van der Waals surface area contributed by atoms with Crippen LogP contribution in [-0.2, 0) is 16.0 Å². The second kappa shape index (κ2) is 7.76. The fourth-order valence-electron chi connectivity index (χ4n) is 3.06. The molecule has 144 valence electrons. The van der Waals surface area contributed by atoms with E-state index in [1.165, 1.54) is 16.9 Å². The number of aryl methyl sites for hydroxylation is 1. The van der Waals surface area contributed by atoms with E-state index in [0.29, 0.717) is 18.1 Å². The molecule has 6 nitrogen and oxygen atoms in total. The molecule has 0 bridgehead atoms. The van der Waals surface area contributed by atoms with E-state index < -0.39 is 5.41 Å². The Kier molecular flexibility index (Phi) is 5.60. The van der Waals surface area contributed by atoms with Gasteiger partial charge in [0.25, 0.3) is 0 Å². The number of anilines is 2. The topological polar surface area (TPSA) is 75.2 Å². The summed E-state index contributed by atoms with van der Waals surface area (Å²) in [6.07, 6.45) is 2.04. The Bertz CT molecular complexity index is 846. The normalized spacial score (nSPS) is 17.4. The van der Waals surface area contributed by atoms with Gasteiger partial charge in [0.2, 0.25) is 16.9 Å². The fraction of sp³-hybridized carbons (Fsp3) is 0.500. The molecule has 1 N–H and O–H groups in total. The lowest BCUT2D eigenvalue weighted by Gasteiger charge is -2.20. The molecule has 0 radical (unpaired) electrons. The molecule has 2 aromatic rings. The van der Waals surface area contributed by atoms with Crippen molar-refractivity contribution in [3.8, 4) is 0 Å². The molecule has 2 amide bonds. The van der Waals surface area contributed by atoms with Gasteiger partial charge in [-0.05, 0) is 24.5 Å². The van der Waals surface area contributed by atoms with Crippen LogP contribution in [0.25, 0.3) is 0 Å². The quantitative estimate of drug-likeness (QED) is 0.814. The maximum absolute atomic E-state index is 12.6. The van der Waals surface area contributed by atoms with Crippen LogP contribution >= 0.6 is 11.3 Å². The van der Waals surface area contributed by atoms with Crippen LogP contribution < -0.4 is 10.2 Å². The molecule has 0 saturated carbocycles. The van der Waals surface area contributed by atoms with E-state index in [4.69, 9.17) is 0 Å². The minimum absolute atomic E-state index is 0.00440. The van der Waals surface area contributed by atoms with Crippen molar-refractivity contribution in [2.75, 3.05) is 16.8 Å². The van der Waals surface area contributed by atoms with Crippen LogP contribution in [0.1, 0.15) is 57.0 Å². The first-order chi connectivity index (χ1) is 12.9. The Morgan fingerprint density at radius 2 is 2.04 bits per heavy atom. The van der Waals surface area contributed by atoms with Gasteiger partial charge in [0.05, 0.1) is 0 Å². The van der Waals surface area contributed by atoms with Crippen LogP contribution in [0.5, 0.6) is 0 Å². The monoisotopic (exact) mass is 386 g/mol. The lowest BCUT2D eigenvalue weighted by atomic mass is 9.89. The highest BCUT2D eigenvalue weighted by Crippen LogP contribution is 2.36. The summed E-state index contributed by atoms with van der Waals surface area (Å²) in [5.74, 6) is 0.0484. The Morgan fingerprint density at radius 1 is 1.30 bits per heavy atom. The first-order valence-electron chi connectivity index (χ1n) is 9.38. The maximum atomic E-state index is 12.6. The average molecular weight is 387 g/mol. The molecular weight excluding hydrogens is 360 g/mol. The number of carbonyl (C=O) groups is 2. The number of rotatable bonds is 6. The summed E-state index contributed by atoms with van der Waals surface area (Å²) in [6, 6.07) is 8.02. The molecule has 2 heterocycles. The third-order valence-corrected chi connectivity index (χ3v) is 6.30. The molecule has 0 aliphatic carbocycles. The first kappa shape index (κ1) is 19.5. The molecule has 1 saturated heterocycles. The molecule has 1 atom stereocenters. The Hall–Kier alpha value is -2.28. The predicted octanol–water partition coefficient (Wildman–Crippen LogP) is 4.00. The number of amides is 2. The zero-order valence-electron chi connectivity index (χ0n) is 16.3. The molecule has 1 aliphatic rings. The van der Waals surface area contributed by atoms with Crippen molar-refractivity contribution in [2.24, 2.45) is 5.41 Å². The molecule has 1 aromatic carbocycles. The van der Waals surface area contributed by atoms with Crippen LogP contribution in [0, 0.1) is 5.41 Å². The molecule has 27 heavy (non-hydrogen) atoms. The predicted molar refractivity (Wildman–Crippen MR) is 108 cm³/mol. The highest BCUT2D eigenvalue weighted by Gasteiger charge is 2.35. The smallest absolute Gasteiger partial charge is 0.231 e. The lowest BCUT2D eigenvalue weighted by Crippen LogP contribution is -2.29. The van der Waals surface area contributed by atoms with Crippen molar-refractivity contribution >= 4 is 34.0 Å². The van der Waals surface area contributed by atoms with Gasteiger partial charge in [0, 0.05) is 30.0 Å². The number of nitrogens with zero attached hydrogens (tertiary/aromatic N) is 3. The third-order valence-electron chi connectivity index (χ3n) is 5.30. The Morgan fingerprint density at radius 3 is 2.74 bits per heavy atom. The van der Waals surface area contributed by atoms with E-state index in [2.05, 4.69) is 28.5 Å². The highest BCUT2D eigenvalue weighted by molar-refractivity contribution is 7.15. The minimum atomic E-state index is -0.449. The van der Waals surface area contributed by atoms with Gasteiger partial charge < -0.3 is 10.2 Å². The number of para-hydroxylation sites is 1. The van der Waals surface area contributed by atoms with Gasteiger partial charge in [-0.2, -0.15) is 0 Å². The SMILES string of the molecule is CCc1ccccc1N1C[C@H](c2nnc(NC(=O)C(C)(C)CC)s2)CC1=O. The van der Waals surface area contributed by atoms with Crippen molar-refractivity contribution in [2.45, 2.75) is 52.9 Å². The van der Waals surface area contributed by atoms with E-state index in [-0.39, 0.29) is 17.7 Å². The van der Waals surface area contributed by atoms with Crippen molar-refractivity contribution < 1.29 is 9.59 Å². The number of hydrogen-bond donors (Lipinski definition) is 1. The average Bonchev–Trinajstić information content (AvgIpc) is 3.28. The summed E-state index contributed by atoms with van der Waals surface area (Å²) in [5.41, 5.74) is 1.70. The van der Waals surface area contributed by atoms with Crippen molar-refractivity contribution in [3.05, 3.63) is 34.8 Å². The van der Waals surface area contributed by atoms with Crippen LogP contribution in [0.15, 0.2) is 24.3 Å². The maximum Gasteiger partial charge on any atom is 0.231 e. The Labute approximate surface area is 164 Å². The number of nitrogens with one attached hydrogen (secondary N) is 1. The number of hydrogen-bond acceptors (Lipinski definition) is 5. The minimum Gasteiger partial charge on any atom is -0.311 e. The second-order valence-corrected chi connectivity index (χ2v) is 8.53. The fourth-order valence-corrected chi connectivity index (χ4v) is 3.89. The Balaban J connectivity index is 1.73. The zero-order chi connectivity index (χ0) is 19.6. The second-order valence-electron chi connectivity index (χ2n) is 7.52. The molecule has 1 fully saturated rings. The van der Waals surface area contributed by atoms with Crippen LogP contribution in [0.4, 0.5) is 10.8 Å². The van der Waals surface area contributed by atoms with Gasteiger partial charge in [-0.3, -0.25) is 9.59 Å². The van der Waals surface area contributed by atoms with Crippen LogP contribution in [0.2, 0.25) is 0 Å². The van der Waals surface area contributed by atoms with E-state index in [0.717, 1.165) is 23.5 Å². The standard InChI is InChI=1S/C20H26N4O2S/c1-5-13-9-7-8-10-15(13)24-12-14(11-16(24)25)17-22-23-19(27-17)21-18(26)20(3,4)6-2/h7-10,14H,5-6,11-12H2,1-4H3,(H,21,23,26)/t14-/m1/s1. The first-order valence-corrected chi connectivity index (χ1v) is 10.2. The van der Waals surface area contributed by atoms with Gasteiger partial charge >= 0.3 is 0 Å². The van der Waals surface area contributed by atoms with E-state index in [9.17, 15) is 9.59 Å². The number of carbonyl (C=O) groups excluding carboxylic acids is 2. The third kappa shape index (κ3) is 4.03. The summed E-state index contributed by atoms with van der Waals surface area (Å²) in [7, 11) is 0. The summed E-state index contributed by atoms with van der Waals surface area (Å²) >= 11 is 1.36. The van der Waals surface area contributed by atoms with Gasteiger partial charge in [0.15, 0.2) is 0 Å². The number of benzene rings is 1. The van der Waals surface area contributed by atoms with E-state index in [1.807, 2.05) is 43.9 Å². The highest BCUT2D eigenvalue weighted by atomic mass is 32.1. The largest absolute Gasteiger partial charge is 0.311 e. The van der Waals surface area contributed by atoms with E-state index in [1.54, 1.807) is 0 Å². The summed E-state index contributed by atoms with van der Waals surface area (Å²) < 4.78 is 0. The van der Waals surface area contributed by atoms with Crippen LogP contribution in [0.3, 0.4) is 0 Å². The molecule has 7 heteroatoms. The van der Waals surface area contributed by atoms with Crippen molar-refractivity contribution in [1.82, 2.24) is 10.2 Å². The molecule has 3 rings (SSSR count). The van der Waals surface area contributed by atoms with Gasteiger partial charge in [0.1, 0.15) is 5.01 Å². The van der Waals surface area contributed by atoms with Gasteiger partial charge in [-0.1, -0.05) is 57.2 Å². The molecule has 1 aliphatic heterocycles. The van der Waals surface area contributed by atoms with Crippen molar-refractivity contribution in [1.29, 1.82) is 0 Å². The lowest BCUT2D eigenvalue weighted by molar-refractivity contribution is -0.124. The van der Waals surface area contributed by atoms with Gasteiger partial charge in [-0.25, -0.2) is 0 Å². The zero-order valence-corrected chi connectivity index (χ0v) is 17.1. The summed E-state index contributed by atoms with van der Waals surface area (Å²) in [6.45, 7) is 8.48.